The first kappa shape index (κ1) is 32.5. The maximum Gasteiger partial charge on any atom is 0.255 e. The van der Waals surface area contributed by atoms with Crippen molar-refractivity contribution in [3.8, 4) is 0 Å². The molecule has 1 aromatic carbocycles. The summed E-state index contributed by atoms with van der Waals surface area (Å²) in [5, 5.41) is 6.73. The van der Waals surface area contributed by atoms with Crippen LogP contribution in [0.1, 0.15) is 54.1 Å². The molecule has 0 saturated carbocycles. The number of carbonyl (C=O) groups excluding carboxylic acids is 3. The predicted octanol–water partition coefficient (Wildman–Crippen LogP) is 2.90. The van der Waals surface area contributed by atoms with Gasteiger partial charge in [0.15, 0.2) is 5.82 Å². The van der Waals surface area contributed by atoms with Crippen molar-refractivity contribution in [2.75, 3.05) is 36.1 Å². The number of benzene rings is 1. The third kappa shape index (κ3) is 5.82. The number of pyridine rings is 1. The maximum absolute atomic E-state index is 15.9. The van der Waals surface area contributed by atoms with Gasteiger partial charge in [0.1, 0.15) is 28.5 Å². The number of carbonyl (C=O) groups is 3. The van der Waals surface area contributed by atoms with Crippen LogP contribution in [0.25, 0.3) is 0 Å². The molecule has 7 rings (SSSR count). The van der Waals surface area contributed by atoms with Gasteiger partial charge in [-0.2, -0.15) is 0 Å². The van der Waals surface area contributed by atoms with Gasteiger partial charge in [-0.25, -0.2) is 19.3 Å². The smallest absolute Gasteiger partial charge is 0.255 e. The maximum atomic E-state index is 15.9. The van der Waals surface area contributed by atoms with E-state index in [9.17, 15) is 14.4 Å². The van der Waals surface area contributed by atoms with Crippen LogP contribution in [0.5, 0.6) is 0 Å². The Morgan fingerprint density at radius 3 is 2.71 bits per heavy atom. The fourth-order valence-corrected chi connectivity index (χ4v) is 8.26. The van der Waals surface area contributed by atoms with E-state index in [4.69, 9.17) is 27.8 Å². The zero-order valence-electron chi connectivity index (χ0n) is 26.2. The van der Waals surface area contributed by atoms with Crippen molar-refractivity contribution in [3.63, 3.8) is 0 Å². The molecule has 3 fully saturated rings. The topological polar surface area (TPSA) is 182 Å². The molecule has 3 amide bonds. The van der Waals surface area contributed by atoms with E-state index >= 15 is 4.39 Å². The van der Waals surface area contributed by atoms with E-state index in [0.29, 0.717) is 51.8 Å². The second-order valence-corrected chi connectivity index (χ2v) is 14.1. The number of aromatic nitrogens is 3. The molecule has 0 aliphatic carbocycles. The van der Waals surface area contributed by atoms with Crippen LogP contribution in [-0.2, 0) is 27.4 Å². The zero-order chi connectivity index (χ0) is 33.7. The summed E-state index contributed by atoms with van der Waals surface area (Å²) in [6, 6.07) is 4.18. The Balaban J connectivity index is 0.996. The number of halogens is 2. The molecule has 1 spiro atoms. The fourth-order valence-electron chi connectivity index (χ4n) is 7.25. The Hall–Kier alpha value is -4.05. The number of hydrogen-bond acceptors (Lipinski definition) is 12. The molecule has 3 saturated heterocycles. The molecule has 48 heavy (non-hydrogen) atoms. The van der Waals surface area contributed by atoms with Crippen molar-refractivity contribution in [2.45, 2.75) is 73.8 Å². The lowest BCUT2D eigenvalue weighted by Crippen LogP contribution is -2.52. The summed E-state index contributed by atoms with van der Waals surface area (Å²) in [6.07, 6.45) is 5.20. The van der Waals surface area contributed by atoms with Crippen LogP contribution in [0.4, 0.5) is 21.8 Å². The summed E-state index contributed by atoms with van der Waals surface area (Å²) < 4.78 is 22.0. The Kier molecular flexibility index (Phi) is 8.64. The lowest BCUT2D eigenvalue weighted by Gasteiger charge is -2.43. The molecular formula is C32H35ClFN9O4S. The monoisotopic (exact) mass is 695 g/mol. The number of piperidine rings is 2. The number of ether oxygens (including phenoxy) is 1. The average Bonchev–Trinajstić information content (AvgIpc) is 3.56. The molecule has 13 nitrogen and oxygen atoms in total. The Bertz CT molecular complexity index is 1810. The summed E-state index contributed by atoms with van der Waals surface area (Å²) >= 11 is 7.57. The number of fused-ring (bicyclic) bond motifs is 1. The second-order valence-electron chi connectivity index (χ2n) is 12.7. The minimum absolute atomic E-state index is 0.0119. The number of nitrogens with zero attached hydrogens (tertiary/aromatic N) is 5. The summed E-state index contributed by atoms with van der Waals surface area (Å²) in [4.78, 5) is 54.5. The van der Waals surface area contributed by atoms with Crippen LogP contribution in [0.2, 0.25) is 5.02 Å². The number of anilines is 3. The molecule has 252 valence electrons. The molecule has 2 aromatic heterocycles. The number of hydrogen-bond donors (Lipinski definition) is 4. The molecule has 4 aliphatic rings. The standard InChI is InChI=1S/C32H35ClFN9O4S/c1-16-26(38-12-17-2-3-18-19(25(17)34)14-43(31(18)46)20-4-5-23(44)41-29(20)45)32(15-47-16)7-10-42(11-8-32)22-13-39-30(28(36)40-22)48-21-6-9-37-27(35)24(21)33/h2-3,6,9,13,16,20,26,38H,4-5,7-8,10-12,14-15H2,1H3,(H2,35,37)(H2,36,40)(H,41,44,45)/t16-,20?,26+/m0/s1. The quantitative estimate of drug-likeness (QED) is 0.266. The highest BCUT2D eigenvalue weighted by molar-refractivity contribution is 7.99. The highest BCUT2D eigenvalue weighted by Gasteiger charge is 2.49. The van der Waals surface area contributed by atoms with Gasteiger partial charge in [0.05, 0.1) is 30.5 Å². The third-order valence-electron chi connectivity index (χ3n) is 9.93. The fraction of sp³-hybridized carbons (Fsp3) is 0.438. The molecule has 1 unspecified atom stereocenters. The normalized spacial score (nSPS) is 23.6. The number of nitrogens with two attached hydrogens (primary N) is 2. The van der Waals surface area contributed by atoms with Gasteiger partial charge < -0.3 is 31.3 Å². The highest BCUT2D eigenvalue weighted by Crippen LogP contribution is 2.44. The van der Waals surface area contributed by atoms with Crippen molar-refractivity contribution >= 4 is 58.5 Å². The zero-order valence-corrected chi connectivity index (χ0v) is 27.7. The van der Waals surface area contributed by atoms with Gasteiger partial charge in [0.2, 0.25) is 11.8 Å². The lowest BCUT2D eigenvalue weighted by molar-refractivity contribution is -0.136. The minimum atomic E-state index is -0.795. The van der Waals surface area contributed by atoms with Gasteiger partial charge >= 0.3 is 0 Å². The molecule has 16 heteroatoms. The lowest BCUT2D eigenvalue weighted by atomic mass is 9.73. The molecule has 6 heterocycles. The summed E-state index contributed by atoms with van der Waals surface area (Å²) in [5.41, 5.74) is 12.9. The van der Waals surface area contributed by atoms with Crippen molar-refractivity contribution in [3.05, 3.63) is 58.1 Å². The largest absolute Gasteiger partial charge is 0.382 e. The number of imide groups is 1. The van der Waals surface area contributed by atoms with Crippen LogP contribution in [0.15, 0.2) is 40.5 Å². The number of amides is 3. The summed E-state index contributed by atoms with van der Waals surface area (Å²) in [7, 11) is 0. The number of rotatable bonds is 7. The van der Waals surface area contributed by atoms with E-state index in [-0.39, 0.29) is 66.3 Å². The van der Waals surface area contributed by atoms with E-state index in [0.717, 1.165) is 12.8 Å². The van der Waals surface area contributed by atoms with Crippen molar-refractivity contribution in [1.29, 1.82) is 0 Å². The van der Waals surface area contributed by atoms with E-state index in [1.165, 1.54) is 16.7 Å². The van der Waals surface area contributed by atoms with Gasteiger partial charge in [-0.15, -0.1) is 0 Å². The third-order valence-corrected chi connectivity index (χ3v) is 11.5. The molecule has 3 atom stereocenters. The van der Waals surface area contributed by atoms with Crippen LogP contribution in [0, 0.1) is 11.2 Å². The first-order valence-electron chi connectivity index (χ1n) is 15.8. The number of nitrogens with one attached hydrogen (secondary N) is 2. The minimum Gasteiger partial charge on any atom is -0.382 e. The van der Waals surface area contributed by atoms with Crippen LogP contribution in [0.3, 0.4) is 0 Å². The molecule has 0 bridgehead atoms. The average molecular weight is 696 g/mol. The van der Waals surface area contributed by atoms with Gasteiger partial charge in [-0.05, 0) is 38.3 Å². The van der Waals surface area contributed by atoms with E-state index < -0.39 is 23.7 Å². The number of nitrogen functional groups attached to an aromatic ring is 2. The summed E-state index contributed by atoms with van der Waals surface area (Å²) in [6.45, 7) is 4.28. The van der Waals surface area contributed by atoms with Gasteiger partial charge in [-0.3, -0.25) is 19.7 Å². The van der Waals surface area contributed by atoms with E-state index in [1.54, 1.807) is 30.6 Å². The Morgan fingerprint density at radius 2 is 1.96 bits per heavy atom. The SMILES string of the molecule is C[C@@H]1OCC2(CCN(c3cnc(Sc4ccnc(N)c4Cl)c(N)n3)CC2)[C@@H]1NCc1ccc2c(c1F)CN(C1CCC(=O)NC1=O)C2=O. The van der Waals surface area contributed by atoms with Crippen LogP contribution < -0.4 is 27.0 Å². The predicted molar refractivity (Wildman–Crippen MR) is 177 cm³/mol. The second kappa shape index (κ2) is 12.8. The van der Waals surface area contributed by atoms with Gasteiger partial charge in [0, 0.05) is 65.3 Å². The molecular weight excluding hydrogens is 661 g/mol. The highest BCUT2D eigenvalue weighted by atomic mass is 35.5. The molecule has 0 radical (unpaired) electrons. The van der Waals surface area contributed by atoms with Gasteiger partial charge in [-0.1, -0.05) is 29.4 Å². The van der Waals surface area contributed by atoms with E-state index in [2.05, 4.69) is 30.5 Å². The van der Waals surface area contributed by atoms with Crippen molar-refractivity contribution < 1.29 is 23.5 Å². The first-order valence-corrected chi connectivity index (χ1v) is 17.0. The Morgan fingerprint density at radius 1 is 1.17 bits per heavy atom. The van der Waals surface area contributed by atoms with Crippen LogP contribution in [-0.4, -0.2) is 75.5 Å². The molecule has 6 N–H and O–H groups in total. The van der Waals surface area contributed by atoms with E-state index in [1.807, 2.05) is 6.92 Å². The van der Waals surface area contributed by atoms with Crippen molar-refractivity contribution in [2.24, 2.45) is 5.41 Å². The molecule has 3 aromatic rings. The van der Waals surface area contributed by atoms with Gasteiger partial charge in [0.25, 0.3) is 5.91 Å². The van der Waals surface area contributed by atoms with Crippen molar-refractivity contribution in [1.82, 2.24) is 30.5 Å². The first-order chi connectivity index (χ1) is 23.0. The van der Waals surface area contributed by atoms with Crippen LogP contribution >= 0.6 is 23.4 Å². The molecule has 4 aliphatic heterocycles. The summed E-state index contributed by atoms with van der Waals surface area (Å²) in [5.74, 6) is -0.530. The Labute approximate surface area is 285 Å².